The van der Waals surface area contributed by atoms with Crippen LogP contribution in [-0.4, -0.2) is 35.5 Å². The third-order valence-corrected chi connectivity index (χ3v) is 5.01. The molecule has 0 fully saturated rings. The number of sulfone groups is 1. The van der Waals surface area contributed by atoms with Crippen LogP contribution in [0.3, 0.4) is 0 Å². The first kappa shape index (κ1) is 15.9. The number of amides is 1. The van der Waals surface area contributed by atoms with E-state index >= 15 is 0 Å². The van der Waals surface area contributed by atoms with E-state index in [2.05, 4.69) is 4.98 Å². The van der Waals surface area contributed by atoms with E-state index in [4.69, 9.17) is 4.74 Å². The van der Waals surface area contributed by atoms with Gasteiger partial charge in [0, 0.05) is 12.4 Å². The Kier molecular flexibility index (Phi) is 4.74. The number of ether oxygens (including phenoxy) is 1. The molecule has 8 heteroatoms. The molecule has 0 aliphatic carbocycles. The quantitative estimate of drug-likeness (QED) is 0.495. The minimum Gasteiger partial charge on any atom is -0.457 e. The minimum atomic E-state index is -3.86. The Labute approximate surface area is 127 Å². The van der Waals surface area contributed by atoms with Crippen LogP contribution in [0, 0.1) is 0 Å². The molecule has 7 nitrogen and oxygen atoms in total. The van der Waals surface area contributed by atoms with Crippen LogP contribution in [0.15, 0.2) is 53.7 Å². The van der Waals surface area contributed by atoms with Crippen molar-refractivity contribution in [3.05, 3.63) is 48.8 Å². The number of pyridine rings is 1. The van der Waals surface area contributed by atoms with Gasteiger partial charge < -0.3 is 4.74 Å². The Bertz CT molecular complexity index is 732. The van der Waals surface area contributed by atoms with E-state index in [-0.39, 0.29) is 16.4 Å². The molecule has 0 saturated carbocycles. The predicted molar refractivity (Wildman–Crippen MR) is 77.1 cm³/mol. The monoisotopic (exact) mass is 322 g/mol. The zero-order chi connectivity index (χ0) is 16.2. The summed E-state index contributed by atoms with van der Waals surface area (Å²) in [5.74, 6) is 1.02. The smallest absolute Gasteiger partial charge is 0.234 e. The molecular weight excluding hydrogens is 308 g/mol. The average Bonchev–Trinajstić information content (AvgIpc) is 2.55. The lowest BCUT2D eigenvalue weighted by atomic mass is 10.3. The molecule has 1 atom stereocenters. The number of hydrogen-bond acceptors (Lipinski definition) is 6. The Hall–Kier alpha value is -2.45. The number of rotatable bonds is 6. The van der Waals surface area contributed by atoms with Crippen molar-refractivity contribution < 1.29 is 23.2 Å². The summed E-state index contributed by atoms with van der Waals surface area (Å²) < 4.78 is 29.9. The van der Waals surface area contributed by atoms with Crippen molar-refractivity contribution >= 4 is 16.2 Å². The fraction of sp³-hybridized carbons (Fsp3) is 0.143. The molecular formula is C14H14N2O5S. The molecule has 116 valence electrons. The lowest BCUT2D eigenvalue weighted by molar-refractivity contribution is -0.151. The van der Waals surface area contributed by atoms with Crippen LogP contribution < -0.4 is 4.74 Å². The van der Waals surface area contributed by atoms with Crippen molar-refractivity contribution in [2.75, 3.05) is 0 Å². The van der Waals surface area contributed by atoms with Crippen LogP contribution in [0.2, 0.25) is 0 Å². The Morgan fingerprint density at radius 3 is 2.23 bits per heavy atom. The summed E-state index contributed by atoms with van der Waals surface area (Å²) in [5.41, 5.74) is 0. The summed E-state index contributed by atoms with van der Waals surface area (Å²) in [5, 5.41) is 7.96. The fourth-order valence-corrected chi connectivity index (χ4v) is 2.91. The summed E-state index contributed by atoms with van der Waals surface area (Å²) >= 11 is 0. The number of carbonyl (C=O) groups excluding carboxylic acids is 1. The van der Waals surface area contributed by atoms with Gasteiger partial charge in [0.05, 0.1) is 4.90 Å². The van der Waals surface area contributed by atoms with Crippen LogP contribution in [0.4, 0.5) is 0 Å². The first-order valence-corrected chi connectivity index (χ1v) is 7.84. The second-order valence-electron chi connectivity index (χ2n) is 4.39. The second-order valence-corrected chi connectivity index (χ2v) is 6.63. The van der Waals surface area contributed by atoms with Crippen molar-refractivity contribution in [2.45, 2.75) is 17.2 Å². The van der Waals surface area contributed by atoms with Gasteiger partial charge in [0.15, 0.2) is 5.37 Å². The number of hydroxylamine groups is 2. The molecule has 1 aromatic heterocycles. The Morgan fingerprint density at radius 1 is 1.14 bits per heavy atom. The van der Waals surface area contributed by atoms with Crippen LogP contribution >= 0.6 is 0 Å². The number of hydrogen-bond donors (Lipinski definition) is 1. The van der Waals surface area contributed by atoms with Crippen LogP contribution in [0.1, 0.15) is 6.92 Å². The van der Waals surface area contributed by atoms with Crippen molar-refractivity contribution in [1.29, 1.82) is 0 Å². The molecule has 0 radical (unpaired) electrons. The van der Waals surface area contributed by atoms with Crippen molar-refractivity contribution in [3.8, 4) is 11.5 Å². The van der Waals surface area contributed by atoms with Gasteiger partial charge >= 0.3 is 0 Å². The third-order valence-electron chi connectivity index (χ3n) is 2.97. The number of benzene rings is 1. The molecule has 0 saturated heterocycles. The maximum atomic E-state index is 12.2. The SMILES string of the molecule is CC(N(O)C=O)S(=O)(=O)c1ccc(Oc2ccncc2)cc1. The predicted octanol–water partition coefficient (Wildman–Crippen LogP) is 1.84. The zero-order valence-electron chi connectivity index (χ0n) is 11.7. The van der Waals surface area contributed by atoms with Crippen molar-refractivity contribution in [2.24, 2.45) is 0 Å². The molecule has 1 amide bonds. The molecule has 0 spiro atoms. The molecule has 2 aromatic rings. The summed E-state index contributed by atoms with van der Waals surface area (Å²) in [4.78, 5) is 14.3. The Balaban J connectivity index is 2.20. The molecule has 1 aromatic carbocycles. The number of nitrogens with zero attached hydrogens (tertiary/aromatic N) is 2. The standard InChI is InChI=1S/C14H14N2O5S/c1-11(16(18)10-17)22(19,20)14-4-2-12(3-5-14)21-13-6-8-15-9-7-13/h2-11,18H,1H3. The first-order chi connectivity index (χ1) is 10.4. The zero-order valence-corrected chi connectivity index (χ0v) is 12.5. The summed E-state index contributed by atoms with van der Waals surface area (Å²) in [6, 6.07) is 9.01. The molecule has 2 rings (SSSR count). The largest absolute Gasteiger partial charge is 0.457 e. The third kappa shape index (κ3) is 3.41. The molecule has 1 unspecified atom stereocenters. The van der Waals surface area contributed by atoms with E-state index in [1.54, 1.807) is 24.5 Å². The molecule has 1 heterocycles. The van der Waals surface area contributed by atoms with Gasteiger partial charge in [0.2, 0.25) is 16.2 Å². The van der Waals surface area contributed by atoms with E-state index in [9.17, 15) is 18.4 Å². The van der Waals surface area contributed by atoms with Gasteiger partial charge in [-0.05, 0) is 43.3 Å². The molecule has 0 aliphatic heterocycles. The van der Waals surface area contributed by atoms with Gasteiger partial charge in [-0.15, -0.1) is 0 Å². The van der Waals surface area contributed by atoms with Gasteiger partial charge in [-0.25, -0.2) is 13.5 Å². The van der Waals surface area contributed by atoms with Gasteiger partial charge in [-0.3, -0.25) is 15.0 Å². The Morgan fingerprint density at radius 2 is 1.68 bits per heavy atom. The summed E-state index contributed by atoms with van der Waals surface area (Å²) in [7, 11) is -3.86. The molecule has 22 heavy (non-hydrogen) atoms. The lowest BCUT2D eigenvalue weighted by Crippen LogP contribution is -2.35. The van der Waals surface area contributed by atoms with Crippen molar-refractivity contribution in [1.82, 2.24) is 10.0 Å². The normalized spacial score (nSPS) is 12.5. The molecule has 0 bridgehead atoms. The van der Waals surface area contributed by atoms with E-state index in [1.165, 1.54) is 31.2 Å². The van der Waals surface area contributed by atoms with E-state index in [0.717, 1.165) is 0 Å². The molecule has 1 N–H and O–H groups in total. The van der Waals surface area contributed by atoms with Crippen LogP contribution in [0.5, 0.6) is 11.5 Å². The van der Waals surface area contributed by atoms with Gasteiger partial charge in [0.1, 0.15) is 11.5 Å². The first-order valence-electron chi connectivity index (χ1n) is 6.29. The molecule has 0 aliphatic rings. The highest BCUT2D eigenvalue weighted by Crippen LogP contribution is 2.24. The maximum Gasteiger partial charge on any atom is 0.234 e. The lowest BCUT2D eigenvalue weighted by Gasteiger charge is -2.18. The maximum absolute atomic E-state index is 12.2. The van der Waals surface area contributed by atoms with E-state index < -0.39 is 15.2 Å². The number of carbonyl (C=O) groups is 1. The van der Waals surface area contributed by atoms with E-state index in [1.807, 2.05) is 0 Å². The average molecular weight is 322 g/mol. The van der Waals surface area contributed by atoms with Crippen LogP contribution in [0.25, 0.3) is 0 Å². The second kappa shape index (κ2) is 6.54. The topological polar surface area (TPSA) is 96.8 Å². The minimum absolute atomic E-state index is 0.0250. The number of aromatic nitrogens is 1. The highest BCUT2D eigenvalue weighted by atomic mass is 32.2. The van der Waals surface area contributed by atoms with E-state index in [0.29, 0.717) is 11.5 Å². The van der Waals surface area contributed by atoms with Crippen molar-refractivity contribution in [3.63, 3.8) is 0 Å². The highest BCUT2D eigenvalue weighted by Gasteiger charge is 2.27. The van der Waals surface area contributed by atoms with Gasteiger partial charge in [-0.2, -0.15) is 0 Å². The van der Waals surface area contributed by atoms with Gasteiger partial charge in [0.25, 0.3) is 0 Å². The van der Waals surface area contributed by atoms with Crippen LogP contribution in [-0.2, 0) is 14.6 Å². The summed E-state index contributed by atoms with van der Waals surface area (Å²) in [6.07, 6.45) is 3.19. The fourth-order valence-electron chi connectivity index (χ4n) is 1.66. The highest BCUT2D eigenvalue weighted by molar-refractivity contribution is 7.92. The summed E-state index contributed by atoms with van der Waals surface area (Å²) in [6.45, 7) is 1.21. The van der Waals surface area contributed by atoms with Gasteiger partial charge in [-0.1, -0.05) is 0 Å².